The molecule has 2 aliphatic rings. The minimum absolute atomic E-state index is 0.250. The highest BCUT2D eigenvalue weighted by atomic mass is 32.2. The number of hydrogen-bond acceptors (Lipinski definition) is 6. The molecule has 5 rings (SSSR count). The SMILES string of the molecule is Nc1c([S+]([O-])C2CCC2)sc2nc(-c3cccnc3)cc(C3CCOCC3)c12. The van der Waals surface area contributed by atoms with Gasteiger partial charge in [0.05, 0.1) is 5.69 Å². The Labute approximate surface area is 171 Å². The summed E-state index contributed by atoms with van der Waals surface area (Å²) in [5.41, 5.74) is 10.4. The second-order valence-corrected chi connectivity index (χ2v) is 10.5. The van der Waals surface area contributed by atoms with Crippen LogP contribution in [0.25, 0.3) is 21.5 Å². The van der Waals surface area contributed by atoms with Crippen molar-refractivity contribution in [3.05, 3.63) is 36.2 Å². The van der Waals surface area contributed by atoms with Gasteiger partial charge in [-0.2, -0.15) is 0 Å². The molecule has 2 N–H and O–H groups in total. The predicted octanol–water partition coefficient (Wildman–Crippen LogP) is 4.49. The molecule has 1 saturated heterocycles. The Bertz CT molecular complexity index is 982. The normalized spacial score (nSPS) is 19.6. The summed E-state index contributed by atoms with van der Waals surface area (Å²) in [6.45, 7) is 1.53. The fourth-order valence-electron chi connectivity index (χ4n) is 4.01. The maximum atomic E-state index is 13.0. The number of nitrogens with two attached hydrogens (primary N) is 1. The Kier molecular flexibility index (Phi) is 5.00. The Balaban J connectivity index is 1.67. The van der Waals surface area contributed by atoms with Gasteiger partial charge in [-0.1, -0.05) is 11.3 Å². The standard InChI is InChI=1S/C21H23N3O2S2/c22-19-18-16(13-6-9-26-10-7-13)11-17(14-3-2-8-23-12-14)24-20(18)27-21(19)28(25)15-4-1-5-15/h2-3,8,11-13,15H,1,4-7,9-10,22H2. The van der Waals surface area contributed by atoms with Gasteiger partial charge in [-0.3, -0.25) is 4.98 Å². The van der Waals surface area contributed by atoms with Crippen LogP contribution in [0.15, 0.2) is 34.8 Å². The predicted molar refractivity (Wildman–Crippen MR) is 114 cm³/mol. The number of nitrogens with zero attached hydrogens (tertiary/aromatic N) is 2. The third-order valence-electron chi connectivity index (χ3n) is 5.85. The van der Waals surface area contributed by atoms with Crippen molar-refractivity contribution >= 4 is 38.4 Å². The van der Waals surface area contributed by atoms with E-state index in [2.05, 4.69) is 11.1 Å². The molecule has 7 heteroatoms. The van der Waals surface area contributed by atoms with Crippen LogP contribution in [0.3, 0.4) is 0 Å². The van der Waals surface area contributed by atoms with E-state index in [1.807, 2.05) is 18.3 Å². The highest BCUT2D eigenvalue weighted by Gasteiger charge is 2.35. The molecule has 0 bridgehead atoms. The summed E-state index contributed by atoms with van der Waals surface area (Å²) in [5.74, 6) is 0.386. The molecule has 1 atom stereocenters. The van der Waals surface area contributed by atoms with Gasteiger partial charge in [-0.15, -0.1) is 0 Å². The minimum atomic E-state index is -1.03. The summed E-state index contributed by atoms with van der Waals surface area (Å²) in [4.78, 5) is 10.0. The lowest BCUT2D eigenvalue weighted by Gasteiger charge is -2.27. The number of fused-ring (bicyclic) bond motifs is 1. The van der Waals surface area contributed by atoms with E-state index in [0.717, 1.165) is 71.0 Å². The van der Waals surface area contributed by atoms with Gasteiger partial charge in [-0.05, 0) is 61.8 Å². The first kappa shape index (κ1) is 18.4. The molecule has 0 spiro atoms. The molecular weight excluding hydrogens is 390 g/mol. The fourth-order valence-corrected chi connectivity index (χ4v) is 7.23. The van der Waals surface area contributed by atoms with Crippen LogP contribution in [-0.4, -0.2) is 33.0 Å². The lowest BCUT2D eigenvalue weighted by atomic mass is 9.89. The van der Waals surface area contributed by atoms with Crippen molar-refractivity contribution in [2.45, 2.75) is 47.5 Å². The molecule has 5 nitrogen and oxygen atoms in total. The van der Waals surface area contributed by atoms with Crippen molar-refractivity contribution in [1.29, 1.82) is 0 Å². The highest BCUT2D eigenvalue weighted by Crippen LogP contribution is 2.46. The molecule has 1 aliphatic carbocycles. The number of thiophene rings is 1. The van der Waals surface area contributed by atoms with Crippen LogP contribution in [0, 0.1) is 0 Å². The van der Waals surface area contributed by atoms with Gasteiger partial charge in [0.25, 0.3) is 0 Å². The van der Waals surface area contributed by atoms with Crippen molar-refractivity contribution in [3.63, 3.8) is 0 Å². The van der Waals surface area contributed by atoms with Crippen LogP contribution in [0.1, 0.15) is 43.6 Å². The monoisotopic (exact) mass is 413 g/mol. The lowest BCUT2D eigenvalue weighted by molar-refractivity contribution is 0.0856. The summed E-state index contributed by atoms with van der Waals surface area (Å²) >= 11 is 0.475. The van der Waals surface area contributed by atoms with E-state index >= 15 is 0 Å². The summed E-state index contributed by atoms with van der Waals surface area (Å²) < 4.78 is 19.4. The third-order valence-corrected chi connectivity index (χ3v) is 9.15. The number of hydrogen-bond donors (Lipinski definition) is 1. The number of nitrogen functional groups attached to an aromatic ring is 1. The maximum Gasteiger partial charge on any atom is 0.232 e. The Morgan fingerprint density at radius 3 is 2.71 bits per heavy atom. The number of rotatable bonds is 4. The summed E-state index contributed by atoms with van der Waals surface area (Å²) in [7, 11) is 0. The summed E-state index contributed by atoms with van der Waals surface area (Å²) in [6.07, 6.45) is 8.78. The number of anilines is 1. The van der Waals surface area contributed by atoms with Crippen molar-refractivity contribution in [2.24, 2.45) is 0 Å². The van der Waals surface area contributed by atoms with Gasteiger partial charge in [0, 0.05) is 47.7 Å². The van der Waals surface area contributed by atoms with E-state index in [1.165, 1.54) is 16.9 Å². The van der Waals surface area contributed by atoms with E-state index in [1.54, 1.807) is 6.20 Å². The number of aromatic nitrogens is 2. The Morgan fingerprint density at radius 1 is 1.21 bits per heavy atom. The van der Waals surface area contributed by atoms with Crippen molar-refractivity contribution in [2.75, 3.05) is 18.9 Å². The topological polar surface area (TPSA) is 84.1 Å². The molecule has 1 unspecified atom stereocenters. The molecule has 3 aromatic rings. The molecule has 1 saturated carbocycles. The van der Waals surface area contributed by atoms with Crippen LogP contribution in [0.2, 0.25) is 0 Å². The van der Waals surface area contributed by atoms with E-state index < -0.39 is 11.2 Å². The van der Waals surface area contributed by atoms with Crippen molar-refractivity contribution < 1.29 is 9.29 Å². The van der Waals surface area contributed by atoms with Crippen LogP contribution in [-0.2, 0) is 15.9 Å². The van der Waals surface area contributed by atoms with E-state index in [-0.39, 0.29) is 5.25 Å². The molecule has 0 aromatic carbocycles. The molecule has 146 valence electrons. The maximum absolute atomic E-state index is 13.0. The van der Waals surface area contributed by atoms with Gasteiger partial charge in [0.1, 0.15) is 15.8 Å². The zero-order valence-corrected chi connectivity index (χ0v) is 17.2. The van der Waals surface area contributed by atoms with Gasteiger partial charge >= 0.3 is 0 Å². The van der Waals surface area contributed by atoms with Crippen molar-refractivity contribution in [1.82, 2.24) is 9.97 Å². The van der Waals surface area contributed by atoms with Crippen molar-refractivity contribution in [3.8, 4) is 11.3 Å². The second-order valence-electron chi connectivity index (χ2n) is 7.56. The number of ether oxygens (including phenoxy) is 1. The zero-order valence-electron chi connectivity index (χ0n) is 15.6. The lowest BCUT2D eigenvalue weighted by Crippen LogP contribution is -2.28. The zero-order chi connectivity index (χ0) is 19.1. The molecule has 0 amide bonds. The van der Waals surface area contributed by atoms with Crippen LogP contribution in [0.4, 0.5) is 5.69 Å². The van der Waals surface area contributed by atoms with Crippen LogP contribution in [0.5, 0.6) is 0 Å². The Morgan fingerprint density at radius 2 is 2.04 bits per heavy atom. The van der Waals surface area contributed by atoms with E-state index in [9.17, 15) is 4.55 Å². The summed E-state index contributed by atoms with van der Waals surface area (Å²) in [5, 5.41) is 1.26. The molecule has 3 aromatic heterocycles. The van der Waals surface area contributed by atoms with E-state index in [4.69, 9.17) is 15.5 Å². The van der Waals surface area contributed by atoms with E-state index in [0.29, 0.717) is 11.6 Å². The molecule has 0 radical (unpaired) electrons. The second kappa shape index (κ2) is 7.63. The first-order valence-corrected chi connectivity index (χ1v) is 11.9. The molecular formula is C21H23N3O2S2. The molecule has 2 fully saturated rings. The van der Waals surface area contributed by atoms with Crippen LogP contribution >= 0.6 is 11.3 Å². The average molecular weight is 414 g/mol. The summed E-state index contributed by atoms with van der Waals surface area (Å²) in [6, 6.07) is 6.11. The highest BCUT2D eigenvalue weighted by molar-refractivity contribution is 7.94. The third kappa shape index (κ3) is 3.20. The van der Waals surface area contributed by atoms with Gasteiger partial charge in [0.15, 0.2) is 0 Å². The smallest absolute Gasteiger partial charge is 0.232 e. The fraction of sp³-hybridized carbons (Fsp3) is 0.429. The first-order chi connectivity index (χ1) is 13.7. The molecule has 1 aliphatic heterocycles. The minimum Gasteiger partial charge on any atom is -0.611 e. The van der Waals surface area contributed by atoms with Gasteiger partial charge in [-0.25, -0.2) is 4.98 Å². The van der Waals surface area contributed by atoms with Gasteiger partial charge < -0.3 is 15.0 Å². The van der Waals surface area contributed by atoms with Gasteiger partial charge in [0.2, 0.25) is 4.21 Å². The first-order valence-electron chi connectivity index (χ1n) is 9.84. The molecule has 4 heterocycles. The largest absolute Gasteiger partial charge is 0.611 e. The Hall–Kier alpha value is -1.67. The average Bonchev–Trinajstić information content (AvgIpc) is 3.04. The quantitative estimate of drug-likeness (QED) is 0.637. The molecule has 28 heavy (non-hydrogen) atoms. The van der Waals surface area contributed by atoms with Crippen LogP contribution < -0.4 is 5.73 Å². The number of pyridine rings is 2.